The summed E-state index contributed by atoms with van der Waals surface area (Å²) in [5, 5.41) is 3.65. The fraction of sp³-hybridized carbons (Fsp3) is 0.280. The molecule has 0 spiro atoms. The molecule has 1 fully saturated rings. The summed E-state index contributed by atoms with van der Waals surface area (Å²) in [7, 11) is 0. The zero-order chi connectivity index (χ0) is 18.7. The summed E-state index contributed by atoms with van der Waals surface area (Å²) in [4.78, 5) is 2.69. The van der Waals surface area contributed by atoms with Gasteiger partial charge in [-0.1, -0.05) is 91.0 Å². The Kier molecular flexibility index (Phi) is 5.11. The third-order valence-electron chi connectivity index (χ3n) is 6.04. The number of hydrogen-bond acceptors (Lipinski definition) is 2. The fourth-order valence-electron chi connectivity index (χ4n) is 4.57. The Bertz CT molecular complexity index is 749. The molecule has 1 N–H and O–H groups in total. The average molecular weight is 357 g/mol. The zero-order valence-electron chi connectivity index (χ0n) is 16.2. The van der Waals surface area contributed by atoms with E-state index >= 15 is 0 Å². The summed E-state index contributed by atoms with van der Waals surface area (Å²) in [6.07, 6.45) is 0. The van der Waals surface area contributed by atoms with E-state index < -0.39 is 0 Å². The second-order valence-electron chi connectivity index (χ2n) is 7.49. The Labute approximate surface area is 162 Å². The van der Waals surface area contributed by atoms with Crippen molar-refractivity contribution < 1.29 is 0 Å². The van der Waals surface area contributed by atoms with Gasteiger partial charge in [-0.2, -0.15) is 0 Å². The van der Waals surface area contributed by atoms with Crippen molar-refractivity contribution in [2.45, 2.75) is 31.5 Å². The average Bonchev–Trinajstić information content (AvgIpc) is 2.74. The van der Waals surface area contributed by atoms with Crippen LogP contribution in [-0.4, -0.2) is 30.1 Å². The van der Waals surface area contributed by atoms with E-state index in [1.165, 1.54) is 16.7 Å². The molecular weight excluding hydrogens is 328 g/mol. The van der Waals surface area contributed by atoms with Gasteiger partial charge in [-0.05, 0) is 30.5 Å². The van der Waals surface area contributed by atoms with Crippen molar-refractivity contribution in [1.29, 1.82) is 0 Å². The molecule has 1 aliphatic heterocycles. The summed E-state index contributed by atoms with van der Waals surface area (Å²) in [6.45, 7) is 6.65. The van der Waals surface area contributed by atoms with E-state index in [9.17, 15) is 0 Å². The number of rotatable bonds is 4. The van der Waals surface area contributed by atoms with Gasteiger partial charge in [-0.3, -0.25) is 4.90 Å². The van der Waals surface area contributed by atoms with Gasteiger partial charge in [0.15, 0.2) is 0 Å². The van der Waals surface area contributed by atoms with E-state index in [0.717, 1.165) is 13.1 Å². The highest BCUT2D eigenvalue weighted by molar-refractivity contribution is 5.50. The highest BCUT2D eigenvalue weighted by atomic mass is 15.3. The molecule has 138 valence electrons. The van der Waals surface area contributed by atoms with Crippen molar-refractivity contribution in [2.24, 2.45) is 0 Å². The van der Waals surface area contributed by atoms with E-state index in [1.54, 1.807) is 0 Å². The molecule has 0 radical (unpaired) electrons. The third-order valence-corrected chi connectivity index (χ3v) is 6.04. The lowest BCUT2D eigenvalue weighted by atomic mass is 9.74. The summed E-state index contributed by atoms with van der Waals surface area (Å²) < 4.78 is 0. The fourth-order valence-corrected chi connectivity index (χ4v) is 4.57. The van der Waals surface area contributed by atoms with Gasteiger partial charge >= 0.3 is 0 Å². The number of nitrogens with one attached hydrogen (secondary N) is 1. The maximum Gasteiger partial charge on any atom is 0.0976 e. The van der Waals surface area contributed by atoms with Crippen LogP contribution < -0.4 is 5.32 Å². The number of piperazine rings is 1. The topological polar surface area (TPSA) is 15.3 Å². The molecule has 27 heavy (non-hydrogen) atoms. The van der Waals surface area contributed by atoms with Gasteiger partial charge in [0.1, 0.15) is 0 Å². The van der Waals surface area contributed by atoms with Crippen LogP contribution in [0, 0.1) is 0 Å². The predicted molar refractivity (Wildman–Crippen MR) is 113 cm³/mol. The molecular formula is C25H28N2. The molecule has 1 saturated heterocycles. The van der Waals surface area contributed by atoms with Crippen LogP contribution >= 0.6 is 0 Å². The Balaban J connectivity index is 2.04. The first kappa shape index (κ1) is 18.0. The van der Waals surface area contributed by atoms with Crippen LogP contribution in [0.1, 0.15) is 30.5 Å². The highest BCUT2D eigenvalue weighted by Crippen LogP contribution is 2.44. The van der Waals surface area contributed by atoms with Crippen molar-refractivity contribution in [3.63, 3.8) is 0 Å². The van der Waals surface area contributed by atoms with E-state index in [-0.39, 0.29) is 5.54 Å². The van der Waals surface area contributed by atoms with E-state index in [2.05, 4.69) is 115 Å². The Morgan fingerprint density at radius 1 is 0.704 bits per heavy atom. The molecule has 3 aromatic rings. The molecule has 4 rings (SSSR count). The molecule has 0 aliphatic carbocycles. The lowest BCUT2D eigenvalue weighted by Gasteiger charge is -2.52. The van der Waals surface area contributed by atoms with Gasteiger partial charge in [-0.15, -0.1) is 0 Å². The van der Waals surface area contributed by atoms with Gasteiger partial charge < -0.3 is 5.32 Å². The van der Waals surface area contributed by atoms with Crippen molar-refractivity contribution in [2.75, 3.05) is 13.1 Å². The minimum Gasteiger partial charge on any atom is -0.311 e. The molecule has 2 atom stereocenters. The van der Waals surface area contributed by atoms with Crippen LogP contribution in [0.4, 0.5) is 0 Å². The van der Waals surface area contributed by atoms with Gasteiger partial charge in [0, 0.05) is 25.2 Å². The Hall–Kier alpha value is -2.42. The van der Waals surface area contributed by atoms with Crippen LogP contribution in [0.2, 0.25) is 0 Å². The third kappa shape index (κ3) is 3.09. The smallest absolute Gasteiger partial charge is 0.0976 e. The van der Waals surface area contributed by atoms with E-state index in [4.69, 9.17) is 0 Å². The number of hydrogen-bond donors (Lipinski definition) is 1. The van der Waals surface area contributed by atoms with E-state index in [0.29, 0.717) is 12.1 Å². The Morgan fingerprint density at radius 2 is 1.11 bits per heavy atom. The summed E-state index contributed by atoms with van der Waals surface area (Å²) in [5.74, 6) is 0. The summed E-state index contributed by atoms with van der Waals surface area (Å²) >= 11 is 0. The minimum atomic E-state index is -0.306. The van der Waals surface area contributed by atoms with Crippen molar-refractivity contribution in [3.8, 4) is 0 Å². The SMILES string of the molecule is CC1NCCN(C(c2ccccc2)(c2ccccc2)c2ccccc2)C1C. The first-order valence-corrected chi connectivity index (χ1v) is 9.91. The maximum atomic E-state index is 3.65. The van der Waals surface area contributed by atoms with Gasteiger partial charge in [0.05, 0.1) is 5.54 Å². The van der Waals surface area contributed by atoms with Gasteiger partial charge in [0.25, 0.3) is 0 Å². The normalized spacial score (nSPS) is 21.1. The monoisotopic (exact) mass is 356 g/mol. The van der Waals surface area contributed by atoms with Crippen LogP contribution in [0.15, 0.2) is 91.0 Å². The Morgan fingerprint density at radius 3 is 1.52 bits per heavy atom. The number of benzene rings is 3. The molecule has 0 amide bonds. The molecule has 2 unspecified atom stereocenters. The lowest BCUT2D eigenvalue weighted by molar-refractivity contribution is 0.0605. The van der Waals surface area contributed by atoms with Gasteiger partial charge in [0.2, 0.25) is 0 Å². The highest BCUT2D eigenvalue weighted by Gasteiger charge is 2.45. The second-order valence-corrected chi connectivity index (χ2v) is 7.49. The molecule has 2 heteroatoms. The standard InChI is InChI=1S/C25H28N2/c1-20-21(2)27(19-18-26-20)25(22-12-6-3-7-13-22,23-14-8-4-9-15-23)24-16-10-5-11-17-24/h3-17,20-21,26H,18-19H2,1-2H3. The lowest BCUT2D eigenvalue weighted by Crippen LogP contribution is -2.63. The molecule has 1 aliphatic rings. The van der Waals surface area contributed by atoms with Gasteiger partial charge in [-0.25, -0.2) is 0 Å². The molecule has 0 bridgehead atoms. The van der Waals surface area contributed by atoms with Crippen molar-refractivity contribution in [1.82, 2.24) is 10.2 Å². The minimum absolute atomic E-state index is 0.306. The first-order valence-electron chi connectivity index (χ1n) is 9.91. The molecule has 1 heterocycles. The molecule has 3 aromatic carbocycles. The maximum absolute atomic E-state index is 3.65. The van der Waals surface area contributed by atoms with Crippen LogP contribution in [0.3, 0.4) is 0 Å². The summed E-state index contributed by atoms with van der Waals surface area (Å²) in [5.41, 5.74) is 3.66. The first-order chi connectivity index (χ1) is 13.2. The molecule has 0 aromatic heterocycles. The number of nitrogens with zero attached hydrogens (tertiary/aromatic N) is 1. The quantitative estimate of drug-likeness (QED) is 0.684. The van der Waals surface area contributed by atoms with Crippen LogP contribution in [0.5, 0.6) is 0 Å². The molecule has 2 nitrogen and oxygen atoms in total. The zero-order valence-corrected chi connectivity index (χ0v) is 16.2. The van der Waals surface area contributed by atoms with E-state index in [1.807, 2.05) is 0 Å². The summed E-state index contributed by atoms with van der Waals surface area (Å²) in [6, 6.07) is 33.8. The van der Waals surface area contributed by atoms with Crippen molar-refractivity contribution in [3.05, 3.63) is 108 Å². The second kappa shape index (κ2) is 7.67. The van der Waals surface area contributed by atoms with Crippen LogP contribution in [-0.2, 0) is 5.54 Å². The molecule has 0 saturated carbocycles. The van der Waals surface area contributed by atoms with Crippen LogP contribution in [0.25, 0.3) is 0 Å². The predicted octanol–water partition coefficient (Wildman–Crippen LogP) is 4.66. The van der Waals surface area contributed by atoms with Crippen molar-refractivity contribution >= 4 is 0 Å². The largest absolute Gasteiger partial charge is 0.311 e.